The van der Waals surface area contributed by atoms with Gasteiger partial charge in [0.05, 0.1) is 6.54 Å². The summed E-state index contributed by atoms with van der Waals surface area (Å²) in [5.41, 5.74) is 1.99. The minimum absolute atomic E-state index is 0.204. The van der Waals surface area contributed by atoms with Crippen LogP contribution >= 0.6 is 0 Å². The maximum absolute atomic E-state index is 12.4. The molecule has 1 aromatic heterocycles. The van der Waals surface area contributed by atoms with Gasteiger partial charge in [0.25, 0.3) is 0 Å². The van der Waals surface area contributed by atoms with E-state index in [9.17, 15) is 8.42 Å². The molecule has 0 N–H and O–H groups in total. The summed E-state index contributed by atoms with van der Waals surface area (Å²) in [6.07, 6.45) is 3.61. The van der Waals surface area contributed by atoms with Crippen molar-refractivity contribution in [2.24, 2.45) is 0 Å². The second kappa shape index (κ2) is 7.11. The number of hydrogen-bond acceptors (Lipinski definition) is 5. The zero-order valence-electron chi connectivity index (χ0n) is 13.4. The molecule has 6 nitrogen and oxygen atoms in total. The molecule has 126 valence electrons. The SMILES string of the molecule is Cc1ccc(C=CS(=O)(=O)N2CCC(Oc3cccnn3)C2)cc1. The average Bonchev–Trinajstić information content (AvgIpc) is 3.05. The normalized spacial score (nSPS) is 19.0. The van der Waals surface area contributed by atoms with E-state index in [2.05, 4.69) is 10.2 Å². The second-order valence-electron chi connectivity index (χ2n) is 5.71. The largest absolute Gasteiger partial charge is 0.472 e. The Labute approximate surface area is 141 Å². The molecule has 0 amide bonds. The van der Waals surface area contributed by atoms with Gasteiger partial charge < -0.3 is 4.74 Å². The van der Waals surface area contributed by atoms with Gasteiger partial charge in [0, 0.05) is 24.2 Å². The molecule has 1 atom stereocenters. The molecule has 3 rings (SSSR count). The quantitative estimate of drug-likeness (QED) is 0.831. The summed E-state index contributed by atoms with van der Waals surface area (Å²) in [6.45, 7) is 2.74. The van der Waals surface area contributed by atoms with Gasteiger partial charge in [0.2, 0.25) is 15.9 Å². The summed E-state index contributed by atoms with van der Waals surface area (Å²) in [7, 11) is -3.46. The van der Waals surface area contributed by atoms with Gasteiger partial charge >= 0.3 is 0 Å². The lowest BCUT2D eigenvalue weighted by Gasteiger charge is -2.14. The Kier molecular flexibility index (Phi) is 4.92. The van der Waals surface area contributed by atoms with E-state index in [1.807, 2.05) is 31.2 Å². The lowest BCUT2D eigenvalue weighted by molar-refractivity contribution is 0.205. The maximum Gasteiger partial charge on any atom is 0.236 e. The minimum Gasteiger partial charge on any atom is -0.472 e. The van der Waals surface area contributed by atoms with Crippen LogP contribution in [0.25, 0.3) is 6.08 Å². The lowest BCUT2D eigenvalue weighted by atomic mass is 10.2. The highest BCUT2D eigenvalue weighted by Gasteiger charge is 2.31. The van der Waals surface area contributed by atoms with Crippen molar-refractivity contribution >= 4 is 16.1 Å². The molecular formula is C17H19N3O3S. The van der Waals surface area contributed by atoms with Gasteiger partial charge in [0.15, 0.2) is 0 Å². The van der Waals surface area contributed by atoms with E-state index in [0.29, 0.717) is 25.4 Å². The highest BCUT2D eigenvalue weighted by molar-refractivity contribution is 7.92. The Hall–Kier alpha value is -2.25. The molecule has 1 aliphatic rings. The number of benzene rings is 1. The van der Waals surface area contributed by atoms with Crippen molar-refractivity contribution < 1.29 is 13.2 Å². The average molecular weight is 345 g/mol. The molecule has 7 heteroatoms. The zero-order valence-corrected chi connectivity index (χ0v) is 14.2. The predicted molar refractivity (Wildman–Crippen MR) is 91.8 cm³/mol. The molecule has 1 aliphatic heterocycles. The number of aromatic nitrogens is 2. The van der Waals surface area contributed by atoms with Crippen molar-refractivity contribution in [2.75, 3.05) is 13.1 Å². The zero-order chi connectivity index (χ0) is 17.0. The van der Waals surface area contributed by atoms with Crippen LogP contribution in [-0.4, -0.2) is 42.1 Å². The van der Waals surface area contributed by atoms with E-state index in [-0.39, 0.29) is 6.10 Å². The van der Waals surface area contributed by atoms with Crippen LogP contribution in [-0.2, 0) is 10.0 Å². The van der Waals surface area contributed by atoms with Gasteiger partial charge in [-0.05, 0) is 31.1 Å². The van der Waals surface area contributed by atoms with Crippen molar-refractivity contribution in [2.45, 2.75) is 19.4 Å². The highest BCUT2D eigenvalue weighted by Crippen LogP contribution is 2.20. The summed E-state index contributed by atoms with van der Waals surface area (Å²) in [6, 6.07) is 11.1. The van der Waals surface area contributed by atoms with Crippen LogP contribution in [0.15, 0.2) is 48.0 Å². The molecule has 0 saturated carbocycles. The van der Waals surface area contributed by atoms with Crippen molar-refractivity contribution in [1.82, 2.24) is 14.5 Å². The molecule has 0 radical (unpaired) electrons. The summed E-state index contributed by atoms with van der Waals surface area (Å²) in [5.74, 6) is 0.414. The van der Waals surface area contributed by atoms with Crippen molar-refractivity contribution in [1.29, 1.82) is 0 Å². The molecular weight excluding hydrogens is 326 g/mol. The van der Waals surface area contributed by atoms with Crippen molar-refractivity contribution in [3.63, 3.8) is 0 Å². The fourth-order valence-corrected chi connectivity index (χ4v) is 3.71. The highest BCUT2D eigenvalue weighted by atomic mass is 32.2. The molecule has 0 aliphatic carbocycles. The van der Waals surface area contributed by atoms with Gasteiger partial charge in [0.1, 0.15) is 6.10 Å². The molecule has 1 unspecified atom stereocenters. The van der Waals surface area contributed by atoms with E-state index >= 15 is 0 Å². The third kappa shape index (κ3) is 4.18. The van der Waals surface area contributed by atoms with Crippen LogP contribution in [0.1, 0.15) is 17.5 Å². The molecule has 0 bridgehead atoms. The maximum atomic E-state index is 12.4. The van der Waals surface area contributed by atoms with Gasteiger partial charge in [-0.15, -0.1) is 5.10 Å². The molecule has 1 saturated heterocycles. The predicted octanol–water partition coefficient (Wildman–Crippen LogP) is 2.24. The van der Waals surface area contributed by atoms with Gasteiger partial charge in [-0.25, -0.2) is 8.42 Å². The van der Waals surface area contributed by atoms with Crippen molar-refractivity contribution in [3.05, 3.63) is 59.1 Å². The number of sulfonamides is 1. The molecule has 1 fully saturated rings. The summed E-state index contributed by atoms with van der Waals surface area (Å²) < 4.78 is 32.0. The Morgan fingerprint density at radius 3 is 2.75 bits per heavy atom. The van der Waals surface area contributed by atoms with E-state index in [0.717, 1.165) is 11.1 Å². The molecule has 2 aromatic rings. The number of ether oxygens (including phenoxy) is 1. The molecule has 0 spiro atoms. The minimum atomic E-state index is -3.46. The summed E-state index contributed by atoms with van der Waals surface area (Å²) >= 11 is 0. The van der Waals surface area contributed by atoms with E-state index in [1.54, 1.807) is 24.4 Å². The summed E-state index contributed by atoms with van der Waals surface area (Å²) in [5, 5.41) is 8.86. The Balaban J connectivity index is 1.62. The van der Waals surface area contributed by atoms with Gasteiger partial charge in [-0.3, -0.25) is 0 Å². The van der Waals surface area contributed by atoms with Crippen LogP contribution < -0.4 is 4.74 Å². The first-order chi connectivity index (χ1) is 11.5. The monoisotopic (exact) mass is 345 g/mol. The first-order valence-corrected chi connectivity index (χ1v) is 9.22. The first kappa shape index (κ1) is 16.6. The third-order valence-corrected chi connectivity index (χ3v) is 5.34. The number of aryl methyl sites for hydroxylation is 1. The smallest absolute Gasteiger partial charge is 0.236 e. The summed E-state index contributed by atoms with van der Waals surface area (Å²) in [4.78, 5) is 0. The molecule has 1 aromatic carbocycles. The topological polar surface area (TPSA) is 72.4 Å². The van der Waals surface area contributed by atoms with E-state index in [1.165, 1.54) is 9.71 Å². The third-order valence-electron chi connectivity index (χ3n) is 3.81. The van der Waals surface area contributed by atoms with Crippen LogP contribution in [0.4, 0.5) is 0 Å². The van der Waals surface area contributed by atoms with Gasteiger partial charge in [-0.2, -0.15) is 9.40 Å². The van der Waals surface area contributed by atoms with Crippen LogP contribution in [0.3, 0.4) is 0 Å². The number of hydrogen-bond donors (Lipinski definition) is 0. The fourth-order valence-electron chi connectivity index (χ4n) is 2.47. The van der Waals surface area contributed by atoms with Crippen LogP contribution in [0.5, 0.6) is 5.88 Å². The molecule has 2 heterocycles. The van der Waals surface area contributed by atoms with Crippen molar-refractivity contribution in [3.8, 4) is 5.88 Å². The molecule has 24 heavy (non-hydrogen) atoms. The number of nitrogens with zero attached hydrogens (tertiary/aromatic N) is 3. The van der Waals surface area contributed by atoms with Gasteiger partial charge in [-0.1, -0.05) is 29.8 Å². The van der Waals surface area contributed by atoms with E-state index < -0.39 is 10.0 Å². The number of rotatable bonds is 5. The fraction of sp³-hybridized carbons (Fsp3) is 0.294. The second-order valence-corrected chi connectivity index (χ2v) is 7.53. The van der Waals surface area contributed by atoms with Crippen LogP contribution in [0, 0.1) is 6.92 Å². The Bertz CT molecular complexity index is 805. The lowest BCUT2D eigenvalue weighted by Crippen LogP contribution is -2.29. The Morgan fingerprint density at radius 2 is 2.04 bits per heavy atom. The van der Waals surface area contributed by atoms with E-state index in [4.69, 9.17) is 4.74 Å². The van der Waals surface area contributed by atoms with Crippen LogP contribution in [0.2, 0.25) is 0 Å². The Morgan fingerprint density at radius 1 is 1.25 bits per heavy atom. The first-order valence-electron chi connectivity index (χ1n) is 7.72. The standard InChI is InChI=1S/C17H19N3O3S/c1-14-4-6-15(7-5-14)9-12-24(21,22)20-11-8-16(13-20)23-17-3-2-10-18-19-17/h2-7,9-10,12,16H,8,11,13H2,1H3.